The number of nitrogens with zero attached hydrogens (tertiary/aromatic N) is 2. The number of hydrogen-bond donors (Lipinski definition) is 3. The number of likely N-dealkylation sites (tertiary alicyclic amines) is 1. The maximum atomic E-state index is 9.36. The maximum Gasteiger partial charge on any atom is 0.191 e. The molecule has 6 heteroatoms. The summed E-state index contributed by atoms with van der Waals surface area (Å²) in [4.78, 5) is 6.97. The molecule has 3 N–H and O–H groups in total. The van der Waals surface area contributed by atoms with E-state index in [-0.39, 0.29) is 17.6 Å². The van der Waals surface area contributed by atoms with E-state index in [1.807, 2.05) is 7.05 Å². The molecule has 2 heterocycles. The first-order chi connectivity index (χ1) is 11.9. The van der Waals surface area contributed by atoms with Crippen LogP contribution in [0.5, 0.6) is 0 Å². The van der Waals surface area contributed by atoms with E-state index in [9.17, 15) is 5.11 Å². The highest BCUT2D eigenvalue weighted by molar-refractivity contribution is 5.79. The maximum absolute atomic E-state index is 9.36. The molecule has 0 aromatic heterocycles. The van der Waals surface area contributed by atoms with E-state index in [1.165, 1.54) is 25.9 Å². The molecule has 0 radical (unpaired) electrons. The molecule has 0 aromatic rings. The van der Waals surface area contributed by atoms with Crippen molar-refractivity contribution in [3.8, 4) is 0 Å². The molecule has 0 aromatic carbocycles. The van der Waals surface area contributed by atoms with Crippen molar-refractivity contribution in [2.24, 2.45) is 16.3 Å². The van der Waals surface area contributed by atoms with Crippen LogP contribution in [0.2, 0.25) is 0 Å². The van der Waals surface area contributed by atoms with Gasteiger partial charge in [-0.2, -0.15) is 0 Å². The van der Waals surface area contributed by atoms with Gasteiger partial charge in [0.25, 0.3) is 0 Å². The fraction of sp³-hybridized carbons (Fsp3) is 0.947. The van der Waals surface area contributed by atoms with Crippen molar-refractivity contribution in [2.45, 2.75) is 52.0 Å². The van der Waals surface area contributed by atoms with E-state index < -0.39 is 0 Å². The van der Waals surface area contributed by atoms with Gasteiger partial charge in [-0.15, -0.1) is 0 Å². The monoisotopic (exact) mass is 354 g/mol. The minimum absolute atomic E-state index is 0.0319. The molecule has 6 nitrogen and oxygen atoms in total. The van der Waals surface area contributed by atoms with E-state index in [1.54, 1.807) is 0 Å². The molecule has 2 fully saturated rings. The summed E-state index contributed by atoms with van der Waals surface area (Å²) in [7, 11) is 1.81. The van der Waals surface area contributed by atoms with E-state index in [4.69, 9.17) is 4.74 Å². The number of guanidine groups is 1. The molecule has 146 valence electrons. The second-order valence-electron chi connectivity index (χ2n) is 8.56. The van der Waals surface area contributed by atoms with Gasteiger partial charge in [0.2, 0.25) is 0 Å². The molecule has 0 spiro atoms. The van der Waals surface area contributed by atoms with E-state index >= 15 is 0 Å². The Kier molecular flexibility index (Phi) is 7.52. The second-order valence-corrected chi connectivity index (χ2v) is 8.56. The zero-order valence-electron chi connectivity index (χ0n) is 16.6. The highest BCUT2D eigenvalue weighted by atomic mass is 16.5. The first-order valence-electron chi connectivity index (χ1n) is 9.79. The molecule has 2 atom stereocenters. The van der Waals surface area contributed by atoms with Crippen LogP contribution in [0.25, 0.3) is 0 Å². The lowest BCUT2D eigenvalue weighted by molar-refractivity contribution is 0.0738. The lowest BCUT2D eigenvalue weighted by atomic mass is 9.84. The highest BCUT2D eigenvalue weighted by Gasteiger charge is 2.35. The Morgan fingerprint density at radius 2 is 2.20 bits per heavy atom. The zero-order valence-corrected chi connectivity index (χ0v) is 16.6. The quantitative estimate of drug-likeness (QED) is 0.477. The predicted octanol–water partition coefficient (Wildman–Crippen LogP) is 1.45. The van der Waals surface area contributed by atoms with Gasteiger partial charge in [0.15, 0.2) is 5.96 Å². The number of nitrogens with one attached hydrogen (secondary N) is 2. The Labute approximate surface area is 153 Å². The summed E-state index contributed by atoms with van der Waals surface area (Å²) in [6, 6.07) is 0. The summed E-state index contributed by atoms with van der Waals surface area (Å²) in [6.45, 7) is 12.7. The summed E-state index contributed by atoms with van der Waals surface area (Å²) in [5.41, 5.74) is 0.135. The lowest BCUT2D eigenvalue weighted by Gasteiger charge is -2.43. The highest BCUT2D eigenvalue weighted by Crippen LogP contribution is 2.31. The zero-order chi connectivity index (χ0) is 18.3. The van der Waals surface area contributed by atoms with Gasteiger partial charge in [0.05, 0.1) is 6.61 Å². The topological polar surface area (TPSA) is 69.1 Å². The molecule has 0 bridgehead atoms. The number of ether oxygens (including phenoxy) is 1. The number of hydrogen-bond acceptors (Lipinski definition) is 4. The molecular weight excluding hydrogens is 316 g/mol. The van der Waals surface area contributed by atoms with Crippen LogP contribution in [0.3, 0.4) is 0 Å². The van der Waals surface area contributed by atoms with Crippen LogP contribution in [0.4, 0.5) is 0 Å². The van der Waals surface area contributed by atoms with Crippen LogP contribution in [-0.2, 0) is 4.74 Å². The van der Waals surface area contributed by atoms with Crippen molar-refractivity contribution in [3.63, 3.8) is 0 Å². The van der Waals surface area contributed by atoms with Crippen molar-refractivity contribution in [1.82, 2.24) is 15.5 Å². The number of aliphatic hydroxyl groups is 1. The van der Waals surface area contributed by atoms with Crippen molar-refractivity contribution < 1.29 is 9.84 Å². The van der Waals surface area contributed by atoms with Gasteiger partial charge in [-0.25, -0.2) is 0 Å². The summed E-state index contributed by atoms with van der Waals surface area (Å²) in [5.74, 6) is 1.62. The van der Waals surface area contributed by atoms with Crippen molar-refractivity contribution in [1.29, 1.82) is 0 Å². The molecule has 25 heavy (non-hydrogen) atoms. The van der Waals surface area contributed by atoms with Gasteiger partial charge in [0.1, 0.15) is 0 Å². The van der Waals surface area contributed by atoms with Gasteiger partial charge < -0.3 is 20.5 Å². The van der Waals surface area contributed by atoms with E-state index in [0.29, 0.717) is 6.61 Å². The molecule has 0 aliphatic carbocycles. The Morgan fingerprint density at radius 1 is 1.40 bits per heavy atom. The van der Waals surface area contributed by atoms with E-state index in [0.717, 1.165) is 44.4 Å². The SMILES string of the molecule is CN=C(NCC1(CCO)CCOC1)NCC(C)(C)N1CCCC(C)C1. The summed E-state index contributed by atoms with van der Waals surface area (Å²) >= 11 is 0. The third-order valence-electron chi connectivity index (χ3n) is 5.88. The minimum atomic E-state index is 0.0319. The number of piperidine rings is 1. The number of aliphatic hydroxyl groups excluding tert-OH is 1. The van der Waals surface area contributed by atoms with Gasteiger partial charge in [0, 0.05) is 50.8 Å². The molecule has 2 unspecified atom stereocenters. The first kappa shape index (κ1) is 20.5. The largest absolute Gasteiger partial charge is 0.396 e. The van der Waals surface area contributed by atoms with Crippen molar-refractivity contribution in [2.75, 3.05) is 53.0 Å². The molecule has 2 aliphatic heterocycles. The van der Waals surface area contributed by atoms with Crippen LogP contribution in [0.15, 0.2) is 4.99 Å². The lowest BCUT2D eigenvalue weighted by Crippen LogP contribution is -2.56. The van der Waals surface area contributed by atoms with Gasteiger partial charge in [-0.3, -0.25) is 9.89 Å². The van der Waals surface area contributed by atoms with Crippen LogP contribution >= 0.6 is 0 Å². The average molecular weight is 355 g/mol. The minimum Gasteiger partial charge on any atom is -0.396 e. The third-order valence-corrected chi connectivity index (χ3v) is 5.88. The smallest absolute Gasteiger partial charge is 0.191 e. The van der Waals surface area contributed by atoms with Crippen LogP contribution in [0.1, 0.15) is 46.5 Å². The van der Waals surface area contributed by atoms with Gasteiger partial charge in [-0.1, -0.05) is 6.92 Å². The number of rotatable bonds is 7. The summed E-state index contributed by atoms with van der Waals surface area (Å²) in [6.07, 6.45) is 4.41. The molecule has 0 amide bonds. The Morgan fingerprint density at radius 3 is 2.80 bits per heavy atom. The first-order valence-corrected chi connectivity index (χ1v) is 9.79. The molecule has 2 aliphatic rings. The average Bonchev–Trinajstić information content (AvgIpc) is 3.04. The standard InChI is InChI=1S/C19H38N4O2/c1-16-6-5-9-23(12-16)18(2,3)13-21-17(20-4)22-14-19(7-10-24)8-11-25-15-19/h16,24H,5-15H2,1-4H3,(H2,20,21,22). The Hall–Kier alpha value is -0.850. The summed E-state index contributed by atoms with van der Waals surface area (Å²) < 4.78 is 5.56. The fourth-order valence-corrected chi connectivity index (χ4v) is 3.95. The summed E-state index contributed by atoms with van der Waals surface area (Å²) in [5, 5.41) is 16.3. The van der Waals surface area contributed by atoms with Crippen LogP contribution in [0, 0.1) is 11.3 Å². The fourth-order valence-electron chi connectivity index (χ4n) is 3.95. The second kappa shape index (κ2) is 9.19. The van der Waals surface area contributed by atoms with E-state index in [2.05, 4.69) is 41.3 Å². The normalized spacial score (nSPS) is 29.0. The predicted molar refractivity (Wildman–Crippen MR) is 103 cm³/mol. The number of aliphatic imine (C=N–C) groups is 1. The van der Waals surface area contributed by atoms with Gasteiger partial charge in [-0.05, 0) is 52.0 Å². The van der Waals surface area contributed by atoms with Crippen LogP contribution in [-0.4, -0.2) is 74.6 Å². The molecule has 0 saturated carbocycles. The van der Waals surface area contributed by atoms with Crippen molar-refractivity contribution >= 4 is 5.96 Å². The molecule has 2 saturated heterocycles. The Bertz CT molecular complexity index is 433. The third kappa shape index (κ3) is 5.83. The molecular formula is C19H38N4O2. The van der Waals surface area contributed by atoms with Gasteiger partial charge >= 0.3 is 0 Å². The Balaban J connectivity index is 1.83. The van der Waals surface area contributed by atoms with Crippen LogP contribution < -0.4 is 10.6 Å². The van der Waals surface area contributed by atoms with Crippen molar-refractivity contribution in [3.05, 3.63) is 0 Å². The molecule has 2 rings (SSSR count).